The molecule has 0 saturated heterocycles. The summed E-state index contributed by atoms with van der Waals surface area (Å²) in [6.45, 7) is 8.16. The summed E-state index contributed by atoms with van der Waals surface area (Å²) < 4.78 is 5.55. The van der Waals surface area contributed by atoms with E-state index in [1.165, 1.54) is 31.8 Å². The molecule has 0 aromatic rings. The summed E-state index contributed by atoms with van der Waals surface area (Å²) >= 11 is 4.04. The molecule has 4 aliphatic rings. The van der Waals surface area contributed by atoms with Gasteiger partial charge in [-0.1, -0.05) is 41.4 Å². The number of alkyl halides is 1. The van der Waals surface area contributed by atoms with Crippen molar-refractivity contribution in [3.63, 3.8) is 0 Å². The quantitative estimate of drug-likeness (QED) is 0.327. The number of fused-ring (bicyclic) bond motifs is 5. The minimum atomic E-state index is -0.164. The molecule has 0 amide bonds. The summed E-state index contributed by atoms with van der Waals surface area (Å²) in [6, 6.07) is 0. The Morgan fingerprint density at radius 3 is 2.48 bits per heavy atom. The molecule has 0 bridgehead atoms. The summed E-state index contributed by atoms with van der Waals surface area (Å²) in [7, 11) is 0. The van der Waals surface area contributed by atoms with Crippen molar-refractivity contribution < 1.29 is 14.3 Å². The molecule has 0 aromatic carbocycles. The van der Waals surface area contributed by atoms with E-state index >= 15 is 0 Å². The third-order valence-corrected chi connectivity index (χ3v) is 9.74. The van der Waals surface area contributed by atoms with Crippen LogP contribution >= 0.6 is 15.9 Å². The second-order valence-electron chi connectivity index (χ2n) is 10.1. The highest BCUT2D eigenvalue weighted by molar-refractivity contribution is 9.09. The predicted octanol–water partition coefficient (Wildman–Crippen LogP) is 5.46. The molecule has 0 spiro atoms. The van der Waals surface area contributed by atoms with Gasteiger partial charge >= 0.3 is 5.97 Å². The first-order valence-electron chi connectivity index (χ1n) is 10.7. The Morgan fingerprint density at radius 2 is 1.81 bits per heavy atom. The first-order valence-corrected chi connectivity index (χ1v) is 11.6. The standard InChI is InChI=1S/C23H33BrO3/c1-13(25)17-5-6-18-21-19(8-10-23(17,18)4)22(3)9-7-16(27-14(2)26)11-15(22)12-20(21)24/h12,16-21H,5-11H2,1-4H3/t16-,17-,18+,19+,20+,21+,22+,23-/m1/s1. The molecule has 0 aliphatic heterocycles. The molecule has 0 aromatic heterocycles. The van der Waals surface area contributed by atoms with E-state index in [4.69, 9.17) is 4.74 Å². The van der Waals surface area contributed by atoms with Crippen molar-refractivity contribution in [2.45, 2.75) is 83.6 Å². The number of Topliss-reactive ketones (excluding diaryl/α,β-unsaturated/α-hetero) is 1. The number of hydrogen-bond acceptors (Lipinski definition) is 3. The maximum Gasteiger partial charge on any atom is 0.302 e. The highest BCUT2D eigenvalue weighted by atomic mass is 79.9. The lowest BCUT2D eigenvalue weighted by atomic mass is 9.47. The van der Waals surface area contributed by atoms with Gasteiger partial charge in [0.2, 0.25) is 0 Å². The normalized spacial score (nSPS) is 48.7. The van der Waals surface area contributed by atoms with Gasteiger partial charge < -0.3 is 4.74 Å². The highest BCUT2D eigenvalue weighted by Gasteiger charge is 2.61. The largest absolute Gasteiger partial charge is 0.462 e. The van der Waals surface area contributed by atoms with Crippen LogP contribution in [0.15, 0.2) is 11.6 Å². The van der Waals surface area contributed by atoms with Crippen LogP contribution in [-0.2, 0) is 14.3 Å². The zero-order chi connectivity index (χ0) is 19.6. The average molecular weight is 437 g/mol. The van der Waals surface area contributed by atoms with Gasteiger partial charge in [0, 0.05) is 24.1 Å². The fourth-order valence-electron chi connectivity index (χ4n) is 7.57. The molecule has 3 saturated carbocycles. The smallest absolute Gasteiger partial charge is 0.302 e. The molecule has 0 heterocycles. The van der Waals surface area contributed by atoms with Gasteiger partial charge in [0.25, 0.3) is 0 Å². The topological polar surface area (TPSA) is 43.4 Å². The number of ketones is 1. The predicted molar refractivity (Wildman–Crippen MR) is 110 cm³/mol. The van der Waals surface area contributed by atoms with Crippen LogP contribution < -0.4 is 0 Å². The maximum absolute atomic E-state index is 12.3. The fraction of sp³-hybridized carbons (Fsp3) is 0.826. The third-order valence-electron chi connectivity index (χ3n) is 8.87. The number of ether oxygens (including phenoxy) is 1. The van der Waals surface area contributed by atoms with Crippen molar-refractivity contribution in [1.82, 2.24) is 0 Å². The number of esters is 1. The van der Waals surface area contributed by atoms with Crippen LogP contribution in [0.2, 0.25) is 0 Å². The number of allylic oxidation sites excluding steroid dienone is 1. The van der Waals surface area contributed by atoms with E-state index in [2.05, 4.69) is 35.9 Å². The molecule has 0 N–H and O–H groups in total. The lowest BCUT2D eigenvalue weighted by Gasteiger charge is -2.59. The van der Waals surface area contributed by atoms with Gasteiger partial charge in [0.1, 0.15) is 11.9 Å². The Kier molecular flexibility index (Phi) is 4.89. The summed E-state index contributed by atoms with van der Waals surface area (Å²) in [4.78, 5) is 24.1. The summed E-state index contributed by atoms with van der Waals surface area (Å²) in [5.74, 6) is 2.40. The van der Waals surface area contributed by atoms with Gasteiger partial charge in [-0.05, 0) is 74.0 Å². The summed E-state index contributed by atoms with van der Waals surface area (Å²) in [5, 5.41) is 0. The molecular formula is C23H33BrO3. The van der Waals surface area contributed by atoms with Crippen LogP contribution in [0.5, 0.6) is 0 Å². The molecule has 3 fully saturated rings. The zero-order valence-corrected chi connectivity index (χ0v) is 18.7. The molecule has 150 valence electrons. The Balaban J connectivity index is 1.64. The van der Waals surface area contributed by atoms with E-state index in [-0.39, 0.29) is 28.8 Å². The maximum atomic E-state index is 12.3. The molecule has 4 rings (SSSR count). The van der Waals surface area contributed by atoms with E-state index in [1.807, 2.05) is 0 Å². The van der Waals surface area contributed by atoms with Gasteiger partial charge in [-0.3, -0.25) is 9.59 Å². The summed E-state index contributed by atoms with van der Waals surface area (Å²) in [5.41, 5.74) is 1.89. The minimum absolute atomic E-state index is 0.0421. The van der Waals surface area contributed by atoms with Gasteiger partial charge in [-0.25, -0.2) is 0 Å². The van der Waals surface area contributed by atoms with Crippen LogP contribution in [0.25, 0.3) is 0 Å². The van der Waals surface area contributed by atoms with Crippen LogP contribution in [0.1, 0.15) is 72.6 Å². The van der Waals surface area contributed by atoms with Gasteiger partial charge in [0.05, 0.1) is 0 Å². The van der Waals surface area contributed by atoms with Crippen molar-refractivity contribution in [1.29, 1.82) is 0 Å². The van der Waals surface area contributed by atoms with Crippen LogP contribution in [0.3, 0.4) is 0 Å². The highest BCUT2D eigenvalue weighted by Crippen LogP contribution is 2.67. The monoisotopic (exact) mass is 436 g/mol. The lowest BCUT2D eigenvalue weighted by Crippen LogP contribution is -2.54. The van der Waals surface area contributed by atoms with Gasteiger partial charge in [-0.15, -0.1) is 0 Å². The number of carbonyl (C=O) groups is 2. The van der Waals surface area contributed by atoms with Crippen molar-refractivity contribution in [2.24, 2.45) is 34.5 Å². The van der Waals surface area contributed by atoms with Crippen LogP contribution in [0, 0.1) is 34.5 Å². The second-order valence-corrected chi connectivity index (χ2v) is 11.2. The molecule has 0 unspecified atom stereocenters. The van der Waals surface area contributed by atoms with E-state index in [9.17, 15) is 9.59 Å². The molecule has 8 atom stereocenters. The Morgan fingerprint density at radius 1 is 1.07 bits per heavy atom. The van der Waals surface area contributed by atoms with E-state index in [1.54, 1.807) is 6.92 Å². The molecule has 4 aliphatic carbocycles. The molecular weight excluding hydrogens is 404 g/mol. The van der Waals surface area contributed by atoms with Crippen molar-refractivity contribution >= 4 is 27.7 Å². The van der Waals surface area contributed by atoms with Crippen molar-refractivity contribution in [3.05, 3.63) is 11.6 Å². The number of hydrogen-bond donors (Lipinski definition) is 0. The van der Waals surface area contributed by atoms with Gasteiger partial charge in [-0.2, -0.15) is 0 Å². The third kappa shape index (κ3) is 2.96. The fourth-order valence-corrected chi connectivity index (χ4v) is 8.63. The lowest BCUT2D eigenvalue weighted by molar-refractivity contribution is -0.149. The van der Waals surface area contributed by atoms with Crippen LogP contribution in [-0.4, -0.2) is 22.7 Å². The number of rotatable bonds is 2. The Hall–Kier alpha value is -0.640. The molecule has 0 radical (unpaired) electrons. The van der Waals surface area contributed by atoms with E-state index in [0.717, 1.165) is 25.7 Å². The first-order chi connectivity index (χ1) is 12.7. The van der Waals surface area contributed by atoms with E-state index < -0.39 is 0 Å². The SMILES string of the molecule is CC(=O)O[C@@H]1CC[C@@]2(C)C(=C[C@H](Br)[C@H]3[C@@H]4CC[C@H](C(C)=O)[C@@]4(C)CC[C@@H]32)C1. The molecule has 4 heteroatoms. The Bertz CT molecular complexity index is 685. The minimum Gasteiger partial charge on any atom is -0.462 e. The molecule has 3 nitrogen and oxygen atoms in total. The van der Waals surface area contributed by atoms with Crippen molar-refractivity contribution in [3.8, 4) is 0 Å². The zero-order valence-electron chi connectivity index (χ0n) is 17.1. The molecule has 27 heavy (non-hydrogen) atoms. The van der Waals surface area contributed by atoms with E-state index in [0.29, 0.717) is 28.4 Å². The first kappa shape index (κ1) is 19.7. The number of carbonyl (C=O) groups excluding carboxylic acids is 2. The van der Waals surface area contributed by atoms with Crippen molar-refractivity contribution in [2.75, 3.05) is 0 Å². The van der Waals surface area contributed by atoms with Gasteiger partial charge in [0.15, 0.2) is 0 Å². The Labute approximate surface area is 171 Å². The average Bonchev–Trinajstić information content (AvgIpc) is 2.93. The summed E-state index contributed by atoms with van der Waals surface area (Å²) in [6.07, 6.45) is 10.1. The number of halogens is 1. The van der Waals surface area contributed by atoms with Crippen LogP contribution in [0.4, 0.5) is 0 Å². The second kappa shape index (κ2) is 6.71.